The SMILES string of the molecule is Cc1nn(C)c(C)c1S(=O)(=O)N(C)CC1CCCCC1O. The number of aliphatic hydroxyl groups is 1. The first-order valence-electron chi connectivity index (χ1n) is 7.39. The number of nitrogens with zero attached hydrogens (tertiary/aromatic N) is 3. The summed E-state index contributed by atoms with van der Waals surface area (Å²) in [6, 6.07) is 0. The normalized spacial score (nSPS) is 23.7. The highest BCUT2D eigenvalue weighted by Crippen LogP contribution is 2.28. The molecule has 21 heavy (non-hydrogen) atoms. The van der Waals surface area contributed by atoms with Crippen molar-refractivity contribution in [1.29, 1.82) is 0 Å². The van der Waals surface area contributed by atoms with E-state index in [1.807, 2.05) is 0 Å². The average Bonchev–Trinajstić information content (AvgIpc) is 2.66. The molecule has 120 valence electrons. The molecule has 1 N–H and O–H groups in total. The number of aryl methyl sites for hydroxylation is 2. The van der Waals surface area contributed by atoms with Crippen LogP contribution in [0.5, 0.6) is 0 Å². The molecule has 0 radical (unpaired) electrons. The summed E-state index contributed by atoms with van der Waals surface area (Å²) >= 11 is 0. The highest BCUT2D eigenvalue weighted by Gasteiger charge is 2.32. The summed E-state index contributed by atoms with van der Waals surface area (Å²) < 4.78 is 28.5. The molecular weight excluding hydrogens is 290 g/mol. The van der Waals surface area contributed by atoms with E-state index in [4.69, 9.17) is 0 Å². The molecule has 7 heteroatoms. The van der Waals surface area contributed by atoms with Crippen molar-refractivity contribution >= 4 is 10.0 Å². The van der Waals surface area contributed by atoms with E-state index in [2.05, 4.69) is 5.10 Å². The Morgan fingerprint density at radius 2 is 1.95 bits per heavy atom. The maximum atomic E-state index is 12.8. The topological polar surface area (TPSA) is 75.4 Å². The summed E-state index contributed by atoms with van der Waals surface area (Å²) in [5, 5.41) is 14.2. The predicted molar refractivity (Wildman–Crippen MR) is 80.5 cm³/mol. The number of sulfonamides is 1. The van der Waals surface area contributed by atoms with Crippen LogP contribution in [-0.2, 0) is 17.1 Å². The lowest BCUT2D eigenvalue weighted by Gasteiger charge is -2.30. The number of hydrogen-bond donors (Lipinski definition) is 1. The monoisotopic (exact) mass is 315 g/mol. The van der Waals surface area contributed by atoms with Gasteiger partial charge in [-0.2, -0.15) is 5.10 Å². The summed E-state index contributed by atoms with van der Waals surface area (Å²) in [5.74, 6) is 0.0239. The van der Waals surface area contributed by atoms with Crippen molar-refractivity contribution in [2.24, 2.45) is 13.0 Å². The van der Waals surface area contributed by atoms with Crippen molar-refractivity contribution in [2.75, 3.05) is 13.6 Å². The minimum absolute atomic E-state index is 0.0239. The van der Waals surface area contributed by atoms with Gasteiger partial charge in [-0.05, 0) is 32.6 Å². The second-order valence-electron chi connectivity index (χ2n) is 6.02. The van der Waals surface area contributed by atoms with Crippen LogP contribution in [0.1, 0.15) is 37.1 Å². The Hall–Kier alpha value is -0.920. The molecule has 0 bridgehead atoms. The van der Waals surface area contributed by atoms with E-state index in [1.54, 1.807) is 32.6 Å². The highest BCUT2D eigenvalue weighted by atomic mass is 32.2. The fraction of sp³-hybridized carbons (Fsp3) is 0.786. The van der Waals surface area contributed by atoms with E-state index < -0.39 is 16.1 Å². The Morgan fingerprint density at radius 1 is 1.33 bits per heavy atom. The fourth-order valence-corrected chi connectivity index (χ4v) is 4.73. The first-order chi connectivity index (χ1) is 9.75. The zero-order valence-corrected chi connectivity index (χ0v) is 14.0. The molecular formula is C14H25N3O3S. The second-order valence-corrected chi connectivity index (χ2v) is 8.00. The number of aromatic nitrogens is 2. The first-order valence-corrected chi connectivity index (χ1v) is 8.83. The van der Waals surface area contributed by atoms with Gasteiger partial charge >= 0.3 is 0 Å². The van der Waals surface area contributed by atoms with Gasteiger partial charge in [-0.25, -0.2) is 12.7 Å². The standard InChI is InChI=1S/C14H25N3O3S/c1-10-14(11(2)17(4)15-10)21(19,20)16(3)9-12-7-5-6-8-13(12)18/h12-13,18H,5-9H2,1-4H3. The van der Waals surface area contributed by atoms with Gasteiger partial charge in [-0.1, -0.05) is 12.8 Å². The molecule has 0 amide bonds. The van der Waals surface area contributed by atoms with Crippen LogP contribution in [0.3, 0.4) is 0 Å². The summed E-state index contributed by atoms with van der Waals surface area (Å²) in [6.45, 7) is 3.83. The van der Waals surface area contributed by atoms with Gasteiger partial charge in [0.05, 0.1) is 17.5 Å². The Labute approximate surface area is 126 Å². The molecule has 1 aromatic heterocycles. The van der Waals surface area contributed by atoms with Gasteiger partial charge in [-0.3, -0.25) is 4.68 Å². The third kappa shape index (κ3) is 3.14. The van der Waals surface area contributed by atoms with Crippen LogP contribution in [0, 0.1) is 19.8 Å². The molecule has 6 nitrogen and oxygen atoms in total. The molecule has 1 aromatic rings. The maximum Gasteiger partial charge on any atom is 0.246 e. The molecule has 2 unspecified atom stereocenters. The Balaban J connectivity index is 2.22. The van der Waals surface area contributed by atoms with Gasteiger partial charge < -0.3 is 5.11 Å². The van der Waals surface area contributed by atoms with Gasteiger partial charge in [-0.15, -0.1) is 0 Å². The maximum absolute atomic E-state index is 12.8. The van der Waals surface area contributed by atoms with Crippen molar-refractivity contribution in [3.63, 3.8) is 0 Å². The van der Waals surface area contributed by atoms with Gasteiger partial charge in [0, 0.05) is 20.6 Å². The van der Waals surface area contributed by atoms with Crippen molar-refractivity contribution < 1.29 is 13.5 Å². The number of aliphatic hydroxyl groups excluding tert-OH is 1. The molecule has 2 atom stereocenters. The van der Waals surface area contributed by atoms with Crippen molar-refractivity contribution in [3.8, 4) is 0 Å². The van der Waals surface area contributed by atoms with E-state index in [9.17, 15) is 13.5 Å². The third-order valence-corrected chi connectivity index (χ3v) is 6.55. The van der Waals surface area contributed by atoms with E-state index in [-0.39, 0.29) is 10.8 Å². The van der Waals surface area contributed by atoms with Crippen LogP contribution in [-0.4, -0.2) is 47.3 Å². The van der Waals surface area contributed by atoms with Crippen LogP contribution >= 0.6 is 0 Å². The third-order valence-electron chi connectivity index (χ3n) is 4.47. The summed E-state index contributed by atoms with van der Waals surface area (Å²) in [4.78, 5) is 0.290. The molecule has 0 aromatic carbocycles. The lowest BCUT2D eigenvalue weighted by Crippen LogP contribution is -2.38. The number of hydrogen-bond acceptors (Lipinski definition) is 4. The van der Waals surface area contributed by atoms with Gasteiger partial charge in [0.2, 0.25) is 10.0 Å². The molecule has 1 fully saturated rings. The minimum atomic E-state index is -3.56. The molecule has 0 spiro atoms. The van der Waals surface area contributed by atoms with Gasteiger partial charge in [0.15, 0.2) is 0 Å². The quantitative estimate of drug-likeness (QED) is 0.906. The van der Waals surface area contributed by atoms with Crippen LogP contribution in [0.2, 0.25) is 0 Å². The van der Waals surface area contributed by atoms with Crippen molar-refractivity contribution in [1.82, 2.24) is 14.1 Å². The smallest absolute Gasteiger partial charge is 0.246 e. The van der Waals surface area contributed by atoms with Crippen LogP contribution < -0.4 is 0 Å². The molecule has 0 aliphatic heterocycles. The van der Waals surface area contributed by atoms with Gasteiger partial charge in [0.1, 0.15) is 4.90 Å². The van der Waals surface area contributed by atoms with E-state index in [0.717, 1.165) is 25.7 Å². The predicted octanol–water partition coefficient (Wildman–Crippen LogP) is 1.21. The fourth-order valence-electron chi connectivity index (χ4n) is 3.11. The Kier molecular flexibility index (Phi) is 4.75. The van der Waals surface area contributed by atoms with Crippen LogP contribution in [0.4, 0.5) is 0 Å². The summed E-state index contributed by atoms with van der Waals surface area (Å²) in [5.41, 5.74) is 1.16. The largest absolute Gasteiger partial charge is 0.393 e. The molecule has 1 aliphatic carbocycles. The van der Waals surface area contributed by atoms with E-state index in [1.165, 1.54) is 4.31 Å². The second kappa shape index (κ2) is 6.06. The van der Waals surface area contributed by atoms with Gasteiger partial charge in [0.25, 0.3) is 0 Å². The van der Waals surface area contributed by atoms with Crippen LogP contribution in [0.15, 0.2) is 4.90 Å². The van der Waals surface area contributed by atoms with E-state index in [0.29, 0.717) is 17.9 Å². The summed E-state index contributed by atoms with van der Waals surface area (Å²) in [7, 11) is -0.235. The molecule has 1 saturated carbocycles. The molecule has 2 rings (SSSR count). The first kappa shape index (κ1) is 16.5. The highest BCUT2D eigenvalue weighted by molar-refractivity contribution is 7.89. The molecule has 1 aliphatic rings. The Morgan fingerprint density at radius 3 is 2.48 bits per heavy atom. The Bertz CT molecular complexity index is 609. The molecule has 0 saturated heterocycles. The van der Waals surface area contributed by atoms with Crippen molar-refractivity contribution in [2.45, 2.75) is 50.5 Å². The average molecular weight is 315 g/mol. The lowest BCUT2D eigenvalue weighted by atomic mass is 9.86. The molecule has 1 heterocycles. The zero-order chi connectivity index (χ0) is 15.8. The number of rotatable bonds is 4. The lowest BCUT2D eigenvalue weighted by molar-refractivity contribution is 0.0620. The zero-order valence-electron chi connectivity index (χ0n) is 13.2. The van der Waals surface area contributed by atoms with E-state index >= 15 is 0 Å². The summed E-state index contributed by atoms with van der Waals surface area (Å²) in [6.07, 6.45) is 3.33. The van der Waals surface area contributed by atoms with Crippen molar-refractivity contribution in [3.05, 3.63) is 11.4 Å². The minimum Gasteiger partial charge on any atom is -0.393 e. The van der Waals surface area contributed by atoms with Crippen LogP contribution in [0.25, 0.3) is 0 Å².